The lowest BCUT2D eigenvalue weighted by molar-refractivity contribution is -0.141. The first-order chi connectivity index (χ1) is 17.8. The number of aliphatic carboxylic acids is 1. The molecule has 6 nitrogen and oxygen atoms in total. The first-order valence-electron chi connectivity index (χ1n) is 11.8. The lowest BCUT2D eigenvalue weighted by Crippen LogP contribution is -2.27. The van der Waals surface area contributed by atoms with Crippen LogP contribution in [0.25, 0.3) is 22.0 Å². The number of rotatable bonds is 6. The molecule has 1 N–H and O–H groups in total. The molecule has 1 amide bonds. The Kier molecular flexibility index (Phi) is 7.09. The van der Waals surface area contributed by atoms with E-state index in [0.717, 1.165) is 49.0 Å². The number of aryl methyl sites for hydroxylation is 1. The maximum atomic E-state index is 13.2. The van der Waals surface area contributed by atoms with Gasteiger partial charge in [0, 0.05) is 44.5 Å². The minimum absolute atomic E-state index is 0.132. The summed E-state index contributed by atoms with van der Waals surface area (Å²) in [6.07, 6.45) is 0.0755. The summed E-state index contributed by atoms with van der Waals surface area (Å²) in [5, 5.41) is 16.9. The Morgan fingerprint density at radius 1 is 1.03 bits per heavy atom. The van der Waals surface area contributed by atoms with Crippen molar-refractivity contribution in [3.05, 3.63) is 99.1 Å². The summed E-state index contributed by atoms with van der Waals surface area (Å²) in [4.78, 5) is 29.2. The summed E-state index contributed by atoms with van der Waals surface area (Å²) in [6.45, 7) is 1.95. The second-order valence-corrected chi connectivity index (χ2v) is 10.3. The summed E-state index contributed by atoms with van der Waals surface area (Å²) in [6, 6.07) is 23.0. The fourth-order valence-electron chi connectivity index (χ4n) is 4.81. The standard InChI is InChI=1S/C29H23BrClN3O3/c1-17-28(29(18-6-3-2-4-7-18)22-15-21(31)10-11-23(22)32-17)24-16-25(19-8-5-9-20(30)14-19)34(33-24)26(35)12-13-27(36)37/h2-11,14-15,25H,12-13,16H2,1H3,(H,36,37)/t25-/m0/s1. The number of carbonyl (C=O) groups is 2. The van der Waals surface area contributed by atoms with Crippen molar-refractivity contribution in [1.82, 2.24) is 9.99 Å². The van der Waals surface area contributed by atoms with Gasteiger partial charge in [-0.2, -0.15) is 5.10 Å². The van der Waals surface area contributed by atoms with Crippen molar-refractivity contribution in [3.63, 3.8) is 0 Å². The number of halogens is 2. The Bertz CT molecular complexity index is 1560. The molecule has 0 fully saturated rings. The van der Waals surface area contributed by atoms with Gasteiger partial charge in [0.05, 0.1) is 23.7 Å². The SMILES string of the molecule is Cc1nc2ccc(Cl)cc2c(-c2ccccc2)c1C1=NN(C(=O)CCC(=O)O)[C@H](c2cccc(Br)c2)C1. The van der Waals surface area contributed by atoms with Gasteiger partial charge in [0.25, 0.3) is 0 Å². The van der Waals surface area contributed by atoms with Gasteiger partial charge in [-0.15, -0.1) is 0 Å². The van der Waals surface area contributed by atoms with Crippen molar-refractivity contribution >= 4 is 56.0 Å². The van der Waals surface area contributed by atoms with E-state index in [0.29, 0.717) is 11.4 Å². The van der Waals surface area contributed by atoms with Crippen LogP contribution in [0.1, 0.15) is 42.1 Å². The van der Waals surface area contributed by atoms with Crippen LogP contribution in [0.3, 0.4) is 0 Å². The molecule has 0 saturated heterocycles. The lowest BCUT2D eigenvalue weighted by Gasteiger charge is -2.22. The van der Waals surface area contributed by atoms with Gasteiger partial charge < -0.3 is 5.11 Å². The topological polar surface area (TPSA) is 82.9 Å². The van der Waals surface area contributed by atoms with E-state index in [2.05, 4.69) is 15.9 Å². The van der Waals surface area contributed by atoms with Crippen LogP contribution < -0.4 is 0 Å². The molecule has 0 unspecified atom stereocenters. The molecule has 0 radical (unpaired) electrons. The van der Waals surface area contributed by atoms with Crippen molar-refractivity contribution in [3.8, 4) is 11.1 Å². The molecule has 0 aliphatic carbocycles. The number of amides is 1. The highest BCUT2D eigenvalue weighted by atomic mass is 79.9. The molecule has 0 saturated carbocycles. The summed E-state index contributed by atoms with van der Waals surface area (Å²) >= 11 is 9.93. The number of benzene rings is 3. The van der Waals surface area contributed by atoms with E-state index in [9.17, 15) is 9.59 Å². The number of pyridine rings is 1. The fourth-order valence-corrected chi connectivity index (χ4v) is 5.40. The summed E-state index contributed by atoms with van der Waals surface area (Å²) in [7, 11) is 0. The van der Waals surface area contributed by atoms with Crippen LogP contribution >= 0.6 is 27.5 Å². The highest BCUT2D eigenvalue weighted by Crippen LogP contribution is 2.40. The Labute approximate surface area is 227 Å². The van der Waals surface area contributed by atoms with Crippen LogP contribution in [0, 0.1) is 6.92 Å². The molecule has 5 rings (SSSR count). The minimum Gasteiger partial charge on any atom is -0.481 e. The average molecular weight is 577 g/mol. The second-order valence-electron chi connectivity index (χ2n) is 8.93. The molecular weight excluding hydrogens is 554 g/mol. The number of carboxylic acid groups (broad SMARTS) is 1. The second kappa shape index (κ2) is 10.4. The molecule has 1 aliphatic heterocycles. The van der Waals surface area contributed by atoms with Crippen molar-refractivity contribution < 1.29 is 14.7 Å². The molecule has 1 aromatic heterocycles. The molecule has 186 valence electrons. The highest BCUT2D eigenvalue weighted by molar-refractivity contribution is 9.10. The maximum absolute atomic E-state index is 13.2. The van der Waals surface area contributed by atoms with Crippen LogP contribution in [-0.4, -0.2) is 32.7 Å². The first kappa shape index (κ1) is 25.1. The highest BCUT2D eigenvalue weighted by Gasteiger charge is 2.35. The zero-order chi connectivity index (χ0) is 26.1. The summed E-state index contributed by atoms with van der Waals surface area (Å²) < 4.78 is 0.888. The number of carboxylic acids is 1. The molecule has 1 atom stereocenters. The molecule has 37 heavy (non-hydrogen) atoms. The normalized spacial score (nSPS) is 15.2. The van der Waals surface area contributed by atoms with E-state index in [1.807, 2.05) is 79.7 Å². The summed E-state index contributed by atoms with van der Waals surface area (Å²) in [5.41, 5.74) is 6.05. The predicted molar refractivity (Wildman–Crippen MR) is 149 cm³/mol. The fraction of sp³-hybridized carbons (Fsp3) is 0.172. The van der Waals surface area contributed by atoms with Gasteiger partial charge in [0.15, 0.2) is 0 Å². The third kappa shape index (κ3) is 5.15. The molecule has 2 heterocycles. The Hall–Kier alpha value is -3.55. The van der Waals surface area contributed by atoms with Crippen LogP contribution in [0.2, 0.25) is 5.02 Å². The zero-order valence-electron chi connectivity index (χ0n) is 20.0. The van der Waals surface area contributed by atoms with E-state index in [-0.39, 0.29) is 24.8 Å². The predicted octanol–water partition coefficient (Wildman–Crippen LogP) is 7.17. The largest absolute Gasteiger partial charge is 0.481 e. The Morgan fingerprint density at radius 2 is 1.81 bits per heavy atom. The van der Waals surface area contributed by atoms with Crippen molar-refractivity contribution in [2.45, 2.75) is 32.2 Å². The quantitative estimate of drug-likeness (QED) is 0.264. The number of hydrogen-bond donors (Lipinski definition) is 1. The van der Waals surface area contributed by atoms with E-state index < -0.39 is 5.97 Å². The van der Waals surface area contributed by atoms with Crippen LogP contribution in [-0.2, 0) is 9.59 Å². The number of nitrogens with zero attached hydrogens (tertiary/aromatic N) is 3. The van der Waals surface area contributed by atoms with Crippen LogP contribution in [0.15, 0.2) is 82.4 Å². The number of carbonyl (C=O) groups excluding carboxylic acids is 1. The minimum atomic E-state index is -1.02. The molecule has 0 bridgehead atoms. The zero-order valence-corrected chi connectivity index (χ0v) is 22.3. The van der Waals surface area contributed by atoms with Gasteiger partial charge in [0.2, 0.25) is 5.91 Å². The van der Waals surface area contributed by atoms with Crippen molar-refractivity contribution in [1.29, 1.82) is 0 Å². The Balaban J connectivity index is 1.69. The molecule has 8 heteroatoms. The van der Waals surface area contributed by atoms with E-state index in [4.69, 9.17) is 26.8 Å². The van der Waals surface area contributed by atoms with Crippen LogP contribution in [0.4, 0.5) is 0 Å². The number of hydrogen-bond acceptors (Lipinski definition) is 4. The van der Waals surface area contributed by atoms with E-state index >= 15 is 0 Å². The molecular formula is C29H23BrClN3O3. The number of aromatic nitrogens is 1. The third-order valence-electron chi connectivity index (χ3n) is 6.43. The monoisotopic (exact) mass is 575 g/mol. The van der Waals surface area contributed by atoms with Gasteiger partial charge in [-0.3, -0.25) is 14.6 Å². The van der Waals surface area contributed by atoms with E-state index in [1.54, 1.807) is 0 Å². The van der Waals surface area contributed by atoms with Gasteiger partial charge in [-0.25, -0.2) is 5.01 Å². The lowest BCUT2D eigenvalue weighted by atomic mass is 9.89. The molecule has 3 aromatic carbocycles. The average Bonchev–Trinajstić information content (AvgIpc) is 3.32. The number of fused-ring (bicyclic) bond motifs is 1. The smallest absolute Gasteiger partial charge is 0.303 e. The van der Waals surface area contributed by atoms with E-state index in [1.165, 1.54) is 5.01 Å². The first-order valence-corrected chi connectivity index (χ1v) is 13.0. The van der Waals surface area contributed by atoms with Gasteiger partial charge in [0.1, 0.15) is 0 Å². The van der Waals surface area contributed by atoms with Gasteiger partial charge >= 0.3 is 5.97 Å². The van der Waals surface area contributed by atoms with Crippen LogP contribution in [0.5, 0.6) is 0 Å². The third-order valence-corrected chi connectivity index (χ3v) is 7.16. The van der Waals surface area contributed by atoms with Crippen molar-refractivity contribution in [2.24, 2.45) is 5.10 Å². The van der Waals surface area contributed by atoms with Crippen molar-refractivity contribution in [2.75, 3.05) is 0 Å². The van der Waals surface area contributed by atoms with Gasteiger partial charge in [-0.05, 0) is 48.4 Å². The molecule has 4 aromatic rings. The molecule has 1 aliphatic rings. The summed E-state index contributed by atoms with van der Waals surface area (Å²) in [5.74, 6) is -1.35. The molecule has 0 spiro atoms. The Morgan fingerprint density at radius 3 is 2.54 bits per heavy atom. The maximum Gasteiger partial charge on any atom is 0.303 e. The number of hydrazone groups is 1. The van der Waals surface area contributed by atoms with Gasteiger partial charge in [-0.1, -0.05) is 70.0 Å².